The van der Waals surface area contributed by atoms with Crippen molar-refractivity contribution in [1.82, 2.24) is 5.32 Å². The topological polar surface area (TPSA) is 41.6 Å². The molecule has 0 aromatic heterocycles. The Bertz CT molecular complexity index is 347. The summed E-state index contributed by atoms with van der Waals surface area (Å²) in [6.07, 6.45) is -0.362. The Hall–Kier alpha value is -1.39. The van der Waals surface area contributed by atoms with Crippen LogP contribution in [0.2, 0.25) is 0 Å². The summed E-state index contributed by atoms with van der Waals surface area (Å²) in [5.74, 6) is -0.00148. The monoisotopic (exact) mass is 220 g/mol. The summed E-state index contributed by atoms with van der Waals surface area (Å²) in [6, 6.07) is 9.58. The summed E-state index contributed by atoms with van der Waals surface area (Å²) in [6.45, 7) is 2.01. The van der Waals surface area contributed by atoms with Gasteiger partial charge in [-0.3, -0.25) is 4.79 Å². The second-order valence-corrected chi connectivity index (χ2v) is 3.80. The first-order valence-electron chi connectivity index (χ1n) is 5.44. The van der Waals surface area contributed by atoms with E-state index in [1.165, 1.54) is 0 Å². The Labute approximate surface area is 95.2 Å². The highest BCUT2D eigenvalue weighted by atomic mass is 16.5. The van der Waals surface area contributed by atoms with Crippen molar-refractivity contribution < 1.29 is 9.53 Å². The third-order valence-electron chi connectivity index (χ3n) is 2.68. The second-order valence-electron chi connectivity index (χ2n) is 3.80. The molecular formula is C12H16N2O2. The van der Waals surface area contributed by atoms with Crippen molar-refractivity contribution in [2.24, 2.45) is 0 Å². The second kappa shape index (κ2) is 5.09. The number of carbonyl (C=O) groups excluding carboxylic acids is 1. The maximum absolute atomic E-state index is 12.1. The van der Waals surface area contributed by atoms with Gasteiger partial charge in [0.15, 0.2) is 0 Å². The molecule has 0 spiro atoms. The van der Waals surface area contributed by atoms with Gasteiger partial charge in [0.05, 0.1) is 6.61 Å². The molecule has 1 aromatic carbocycles. The molecule has 1 heterocycles. The molecule has 86 valence electrons. The van der Waals surface area contributed by atoms with Gasteiger partial charge < -0.3 is 15.0 Å². The van der Waals surface area contributed by atoms with Crippen LogP contribution < -0.4 is 10.2 Å². The Morgan fingerprint density at radius 3 is 2.81 bits per heavy atom. The van der Waals surface area contributed by atoms with E-state index in [2.05, 4.69) is 5.32 Å². The first-order chi connectivity index (χ1) is 7.79. The molecule has 4 nitrogen and oxygen atoms in total. The van der Waals surface area contributed by atoms with Crippen molar-refractivity contribution in [1.29, 1.82) is 0 Å². The van der Waals surface area contributed by atoms with Crippen LogP contribution in [0.4, 0.5) is 5.69 Å². The van der Waals surface area contributed by atoms with Crippen LogP contribution in [0.5, 0.6) is 0 Å². The van der Waals surface area contributed by atoms with E-state index in [0.717, 1.165) is 12.2 Å². The number of carbonyl (C=O) groups is 1. The van der Waals surface area contributed by atoms with E-state index in [0.29, 0.717) is 13.2 Å². The van der Waals surface area contributed by atoms with Gasteiger partial charge in [-0.15, -0.1) is 0 Å². The smallest absolute Gasteiger partial charge is 0.257 e. The number of ether oxygens (including phenoxy) is 1. The SMILES string of the molecule is CN(C(=O)C1CNCCO1)c1ccccc1. The number of anilines is 1. The predicted molar refractivity (Wildman–Crippen MR) is 62.5 cm³/mol. The van der Waals surface area contributed by atoms with Gasteiger partial charge in [-0.25, -0.2) is 0 Å². The third kappa shape index (κ3) is 2.40. The predicted octanol–water partition coefficient (Wildman–Crippen LogP) is 0.638. The van der Waals surface area contributed by atoms with Crippen molar-refractivity contribution in [3.05, 3.63) is 30.3 Å². The standard InChI is InChI=1S/C12H16N2O2/c1-14(10-5-3-2-4-6-10)12(15)11-9-13-7-8-16-11/h2-6,11,13H,7-9H2,1H3. The summed E-state index contributed by atoms with van der Waals surface area (Å²) in [5, 5.41) is 3.15. The summed E-state index contributed by atoms with van der Waals surface area (Å²) < 4.78 is 5.43. The first-order valence-corrected chi connectivity index (χ1v) is 5.44. The number of amides is 1. The summed E-state index contributed by atoms with van der Waals surface area (Å²) in [5.41, 5.74) is 0.890. The van der Waals surface area contributed by atoms with Crippen molar-refractivity contribution in [2.75, 3.05) is 31.6 Å². The van der Waals surface area contributed by atoms with Crippen LogP contribution in [-0.2, 0) is 9.53 Å². The van der Waals surface area contributed by atoms with Gasteiger partial charge >= 0.3 is 0 Å². The fourth-order valence-corrected chi connectivity index (χ4v) is 1.72. The van der Waals surface area contributed by atoms with E-state index in [1.54, 1.807) is 11.9 Å². The lowest BCUT2D eigenvalue weighted by molar-refractivity contribution is -0.131. The first kappa shape index (κ1) is 11.1. The summed E-state index contributed by atoms with van der Waals surface area (Å²) >= 11 is 0. The average molecular weight is 220 g/mol. The van der Waals surface area contributed by atoms with Crippen molar-refractivity contribution >= 4 is 11.6 Å². The van der Waals surface area contributed by atoms with E-state index < -0.39 is 0 Å². The maximum Gasteiger partial charge on any atom is 0.257 e. The molecule has 2 rings (SSSR count). The summed E-state index contributed by atoms with van der Waals surface area (Å²) in [7, 11) is 1.77. The van der Waals surface area contributed by atoms with Gasteiger partial charge in [0.1, 0.15) is 6.10 Å². The van der Waals surface area contributed by atoms with E-state index in [1.807, 2.05) is 30.3 Å². The van der Waals surface area contributed by atoms with Gasteiger partial charge in [-0.2, -0.15) is 0 Å². The van der Waals surface area contributed by atoms with E-state index in [9.17, 15) is 4.79 Å². The molecule has 0 saturated carbocycles. The van der Waals surface area contributed by atoms with E-state index in [-0.39, 0.29) is 12.0 Å². The minimum Gasteiger partial charge on any atom is -0.366 e. The number of nitrogens with zero attached hydrogens (tertiary/aromatic N) is 1. The Morgan fingerprint density at radius 1 is 1.44 bits per heavy atom. The number of nitrogens with one attached hydrogen (secondary N) is 1. The molecule has 16 heavy (non-hydrogen) atoms. The molecule has 1 aliphatic rings. The molecule has 0 radical (unpaired) electrons. The number of benzene rings is 1. The van der Waals surface area contributed by atoms with Gasteiger partial charge in [0.25, 0.3) is 5.91 Å². The van der Waals surface area contributed by atoms with Crippen LogP contribution in [0.25, 0.3) is 0 Å². The Balaban J connectivity index is 2.04. The molecule has 4 heteroatoms. The number of likely N-dealkylation sites (N-methyl/N-ethyl adjacent to an activating group) is 1. The molecule has 0 aliphatic carbocycles. The van der Waals surface area contributed by atoms with Crippen molar-refractivity contribution in [2.45, 2.75) is 6.10 Å². The zero-order valence-corrected chi connectivity index (χ0v) is 9.35. The average Bonchev–Trinajstić information content (AvgIpc) is 2.39. The highest BCUT2D eigenvalue weighted by molar-refractivity contribution is 5.96. The van der Waals surface area contributed by atoms with Crippen LogP contribution in [-0.4, -0.2) is 38.8 Å². The number of rotatable bonds is 2. The largest absolute Gasteiger partial charge is 0.366 e. The number of hydrogen-bond donors (Lipinski definition) is 1. The Morgan fingerprint density at radius 2 is 2.19 bits per heavy atom. The van der Waals surface area contributed by atoms with Crippen LogP contribution in [0.1, 0.15) is 0 Å². The lowest BCUT2D eigenvalue weighted by Gasteiger charge is -2.27. The highest BCUT2D eigenvalue weighted by Gasteiger charge is 2.25. The van der Waals surface area contributed by atoms with Crippen LogP contribution in [0.3, 0.4) is 0 Å². The highest BCUT2D eigenvalue weighted by Crippen LogP contribution is 2.13. The van der Waals surface area contributed by atoms with Gasteiger partial charge in [0, 0.05) is 25.8 Å². The van der Waals surface area contributed by atoms with Crippen LogP contribution in [0.15, 0.2) is 30.3 Å². The molecule has 1 saturated heterocycles. The van der Waals surface area contributed by atoms with Crippen molar-refractivity contribution in [3.8, 4) is 0 Å². The molecule has 1 amide bonds. The fraction of sp³-hybridized carbons (Fsp3) is 0.417. The molecular weight excluding hydrogens is 204 g/mol. The zero-order chi connectivity index (χ0) is 11.4. The molecule has 1 aromatic rings. The number of morpholine rings is 1. The lowest BCUT2D eigenvalue weighted by Crippen LogP contribution is -2.48. The molecule has 1 aliphatic heterocycles. The third-order valence-corrected chi connectivity index (χ3v) is 2.68. The fourth-order valence-electron chi connectivity index (χ4n) is 1.72. The Kier molecular flexibility index (Phi) is 3.54. The lowest BCUT2D eigenvalue weighted by atomic mass is 10.2. The molecule has 1 unspecified atom stereocenters. The number of hydrogen-bond acceptors (Lipinski definition) is 3. The molecule has 1 fully saturated rings. The van der Waals surface area contributed by atoms with Crippen LogP contribution >= 0.6 is 0 Å². The van der Waals surface area contributed by atoms with Gasteiger partial charge in [0.2, 0.25) is 0 Å². The van der Waals surface area contributed by atoms with E-state index in [4.69, 9.17) is 4.74 Å². The molecule has 1 N–H and O–H groups in total. The van der Waals surface area contributed by atoms with Gasteiger partial charge in [-0.05, 0) is 12.1 Å². The molecule has 0 bridgehead atoms. The van der Waals surface area contributed by atoms with Gasteiger partial charge in [-0.1, -0.05) is 18.2 Å². The number of para-hydroxylation sites is 1. The maximum atomic E-state index is 12.1. The van der Waals surface area contributed by atoms with E-state index >= 15 is 0 Å². The summed E-state index contributed by atoms with van der Waals surface area (Å²) in [4.78, 5) is 13.7. The van der Waals surface area contributed by atoms with Crippen molar-refractivity contribution in [3.63, 3.8) is 0 Å². The molecule has 1 atom stereocenters. The van der Waals surface area contributed by atoms with Crippen LogP contribution in [0, 0.1) is 0 Å². The minimum absolute atomic E-state index is 0.00148. The normalized spacial score (nSPS) is 20.4. The quantitative estimate of drug-likeness (QED) is 0.795. The zero-order valence-electron chi connectivity index (χ0n) is 9.35. The minimum atomic E-state index is -0.362.